The number of alkyl carbamates (subject to hydrolysis) is 1. The number of hydrogen-bond donors (Lipinski definition) is 3. The van der Waals surface area contributed by atoms with E-state index in [1.54, 1.807) is 0 Å². The van der Waals surface area contributed by atoms with Gasteiger partial charge < -0.3 is 33.8 Å². The molecule has 1 amide bonds. The van der Waals surface area contributed by atoms with Crippen molar-refractivity contribution in [3.63, 3.8) is 0 Å². The summed E-state index contributed by atoms with van der Waals surface area (Å²) in [5, 5.41) is 14.4. The van der Waals surface area contributed by atoms with Crippen LogP contribution in [0.1, 0.15) is 33.6 Å². The zero-order valence-corrected chi connectivity index (χ0v) is 16.2. The highest BCUT2D eigenvalue weighted by molar-refractivity contribution is 6.60. The maximum atomic E-state index is 11.8. The molecule has 25 heavy (non-hydrogen) atoms. The number of rotatable bonds is 12. The van der Waals surface area contributed by atoms with E-state index in [2.05, 4.69) is 10.6 Å². The molecule has 2 atom stereocenters. The average Bonchev–Trinajstić information content (AvgIpc) is 3.01. The van der Waals surface area contributed by atoms with Crippen LogP contribution in [0.4, 0.5) is 4.79 Å². The smallest absolute Gasteiger partial charge is 0.480 e. The van der Waals surface area contributed by atoms with Gasteiger partial charge in [0.05, 0.1) is 0 Å². The Hall–Kier alpha value is -1.20. The van der Waals surface area contributed by atoms with Gasteiger partial charge in [-0.15, -0.1) is 0 Å². The minimum atomic E-state index is -2.69. The number of carboxylic acid groups (broad SMARTS) is 1. The topological polar surface area (TPSA) is 115 Å². The van der Waals surface area contributed by atoms with Crippen LogP contribution < -0.4 is 10.6 Å². The van der Waals surface area contributed by atoms with Gasteiger partial charge in [-0.2, -0.15) is 0 Å². The lowest BCUT2D eigenvalue weighted by molar-refractivity contribution is -0.139. The van der Waals surface area contributed by atoms with Crippen LogP contribution in [-0.2, 0) is 22.8 Å². The highest BCUT2D eigenvalue weighted by Gasteiger charge is 2.39. The SMILES string of the molecule is CCO[Si](CCCNC(=O)OC1CN[C@H](C(=O)O)C1)(OCC)OCC. The molecule has 0 bridgehead atoms. The van der Waals surface area contributed by atoms with Gasteiger partial charge in [0, 0.05) is 45.4 Å². The van der Waals surface area contributed by atoms with Crippen LogP contribution in [0, 0.1) is 0 Å². The molecule has 1 aliphatic heterocycles. The molecule has 0 aromatic heterocycles. The third-order valence-electron chi connectivity index (χ3n) is 3.68. The molecule has 3 N–H and O–H groups in total. The Morgan fingerprint density at radius 1 is 1.16 bits per heavy atom. The summed E-state index contributed by atoms with van der Waals surface area (Å²) < 4.78 is 22.4. The van der Waals surface area contributed by atoms with Crippen molar-refractivity contribution in [1.82, 2.24) is 10.6 Å². The molecule has 1 aliphatic rings. The molecule has 0 saturated carbocycles. The molecule has 1 saturated heterocycles. The van der Waals surface area contributed by atoms with Gasteiger partial charge in [0.25, 0.3) is 0 Å². The predicted molar refractivity (Wildman–Crippen MR) is 92.4 cm³/mol. The van der Waals surface area contributed by atoms with Crippen LogP contribution in [0.2, 0.25) is 6.04 Å². The van der Waals surface area contributed by atoms with E-state index in [0.717, 1.165) is 0 Å². The van der Waals surface area contributed by atoms with Gasteiger partial charge in [0.2, 0.25) is 0 Å². The van der Waals surface area contributed by atoms with E-state index in [1.165, 1.54) is 0 Å². The summed E-state index contributed by atoms with van der Waals surface area (Å²) in [7, 11) is -2.69. The minimum absolute atomic E-state index is 0.276. The minimum Gasteiger partial charge on any atom is -0.480 e. The predicted octanol–water partition coefficient (Wildman–Crippen LogP) is 0.966. The van der Waals surface area contributed by atoms with E-state index in [-0.39, 0.29) is 6.42 Å². The van der Waals surface area contributed by atoms with E-state index in [4.69, 9.17) is 23.1 Å². The molecule has 0 aromatic rings. The Morgan fingerprint density at radius 2 is 1.76 bits per heavy atom. The summed E-state index contributed by atoms with van der Waals surface area (Å²) in [4.78, 5) is 22.6. The van der Waals surface area contributed by atoms with Crippen molar-refractivity contribution in [1.29, 1.82) is 0 Å². The molecule has 0 aliphatic carbocycles. The number of nitrogens with one attached hydrogen (secondary N) is 2. The number of carboxylic acids is 1. The zero-order valence-electron chi connectivity index (χ0n) is 15.2. The molecule has 1 unspecified atom stereocenters. The van der Waals surface area contributed by atoms with Crippen molar-refractivity contribution in [2.75, 3.05) is 32.9 Å². The quantitative estimate of drug-likeness (QED) is 0.340. The monoisotopic (exact) mass is 378 g/mol. The first kappa shape index (κ1) is 21.8. The molecule has 0 aromatic carbocycles. The number of aliphatic carboxylic acids is 1. The second-order valence-corrected chi connectivity index (χ2v) is 8.31. The van der Waals surface area contributed by atoms with E-state index < -0.39 is 33.0 Å². The van der Waals surface area contributed by atoms with Gasteiger partial charge in [0.15, 0.2) is 0 Å². The van der Waals surface area contributed by atoms with Crippen LogP contribution in [0.5, 0.6) is 0 Å². The lowest BCUT2D eigenvalue weighted by atomic mass is 10.2. The van der Waals surface area contributed by atoms with Crippen molar-refractivity contribution in [3.05, 3.63) is 0 Å². The third-order valence-corrected chi connectivity index (χ3v) is 6.84. The molecule has 9 nitrogen and oxygen atoms in total. The summed E-state index contributed by atoms with van der Waals surface area (Å²) in [5.41, 5.74) is 0. The Bertz CT molecular complexity index is 408. The molecular formula is C15H30N2O7Si. The van der Waals surface area contributed by atoms with Crippen LogP contribution >= 0.6 is 0 Å². The largest absolute Gasteiger partial charge is 0.500 e. The molecule has 1 fully saturated rings. The molecule has 146 valence electrons. The lowest BCUT2D eigenvalue weighted by Gasteiger charge is -2.28. The van der Waals surface area contributed by atoms with Crippen molar-refractivity contribution in [2.24, 2.45) is 0 Å². The van der Waals surface area contributed by atoms with Gasteiger partial charge in [-0.3, -0.25) is 4.79 Å². The summed E-state index contributed by atoms with van der Waals surface area (Å²) in [6.07, 6.45) is -0.0565. The fraction of sp³-hybridized carbons (Fsp3) is 0.867. The van der Waals surface area contributed by atoms with Crippen LogP contribution in [0.3, 0.4) is 0 Å². The molecule has 1 rings (SSSR count). The van der Waals surface area contributed by atoms with Crippen molar-refractivity contribution in [3.8, 4) is 0 Å². The van der Waals surface area contributed by atoms with E-state index in [9.17, 15) is 9.59 Å². The Balaban J connectivity index is 2.30. The van der Waals surface area contributed by atoms with Crippen molar-refractivity contribution in [2.45, 2.75) is 51.8 Å². The first-order chi connectivity index (χ1) is 12.0. The normalized spacial score (nSPS) is 20.4. The van der Waals surface area contributed by atoms with E-state index in [1.807, 2.05) is 20.8 Å². The summed E-state index contributed by atoms with van der Waals surface area (Å²) in [6.45, 7) is 7.99. The number of carbonyl (C=O) groups is 2. The average molecular weight is 378 g/mol. The zero-order chi connectivity index (χ0) is 18.7. The maximum absolute atomic E-state index is 11.8. The van der Waals surface area contributed by atoms with Crippen LogP contribution in [-0.4, -0.2) is 71.0 Å². The summed E-state index contributed by atoms with van der Waals surface area (Å²) in [6, 6.07) is -0.0532. The summed E-state index contributed by atoms with van der Waals surface area (Å²) >= 11 is 0. The van der Waals surface area contributed by atoms with Gasteiger partial charge in [0.1, 0.15) is 12.1 Å². The standard InChI is InChI=1S/C15H30N2O7Si/c1-4-21-25(22-5-2,23-6-3)9-7-8-16-15(20)24-12-10-13(14(18)19)17-11-12/h12-13,17H,4-11H2,1-3H3,(H,16,20)(H,18,19)/t12?,13-/m0/s1. The van der Waals surface area contributed by atoms with Crippen molar-refractivity contribution >= 4 is 20.9 Å². The van der Waals surface area contributed by atoms with Crippen LogP contribution in [0.25, 0.3) is 0 Å². The van der Waals surface area contributed by atoms with Gasteiger partial charge in [-0.25, -0.2) is 4.79 Å². The van der Waals surface area contributed by atoms with Gasteiger partial charge >= 0.3 is 20.9 Å². The molecule has 0 radical (unpaired) electrons. The van der Waals surface area contributed by atoms with E-state index >= 15 is 0 Å². The number of carbonyl (C=O) groups excluding carboxylic acids is 1. The second kappa shape index (κ2) is 11.4. The Labute approximate surface area is 149 Å². The lowest BCUT2D eigenvalue weighted by Crippen LogP contribution is -2.46. The fourth-order valence-electron chi connectivity index (χ4n) is 2.67. The maximum Gasteiger partial charge on any atom is 0.500 e. The number of amides is 1. The second-order valence-electron chi connectivity index (χ2n) is 5.57. The van der Waals surface area contributed by atoms with Crippen LogP contribution in [0.15, 0.2) is 0 Å². The third kappa shape index (κ3) is 7.69. The van der Waals surface area contributed by atoms with E-state index in [0.29, 0.717) is 45.4 Å². The Morgan fingerprint density at radius 3 is 2.24 bits per heavy atom. The first-order valence-corrected chi connectivity index (χ1v) is 10.7. The van der Waals surface area contributed by atoms with Gasteiger partial charge in [-0.05, 0) is 27.2 Å². The molecule has 0 spiro atoms. The first-order valence-electron chi connectivity index (χ1n) is 8.78. The highest BCUT2D eigenvalue weighted by atomic mass is 28.4. The number of hydrogen-bond acceptors (Lipinski definition) is 7. The highest BCUT2D eigenvalue weighted by Crippen LogP contribution is 2.18. The molecule has 10 heteroatoms. The van der Waals surface area contributed by atoms with Crippen molar-refractivity contribution < 1.29 is 32.7 Å². The summed E-state index contributed by atoms with van der Waals surface area (Å²) in [5.74, 6) is -0.935. The molecular weight excluding hydrogens is 348 g/mol. The number of ether oxygens (including phenoxy) is 1. The molecule has 1 heterocycles. The fourth-order valence-corrected chi connectivity index (χ4v) is 5.28. The van der Waals surface area contributed by atoms with Gasteiger partial charge in [-0.1, -0.05) is 0 Å². The Kier molecular flexibility index (Phi) is 9.98.